The molecule has 0 atom stereocenters. The van der Waals surface area contributed by atoms with Crippen molar-refractivity contribution in [2.75, 3.05) is 58.9 Å². The molecule has 0 aliphatic rings. The first-order valence-electron chi connectivity index (χ1n) is 9.00. The largest absolute Gasteiger partial charge is 0.480 e. The second kappa shape index (κ2) is 12.8. The summed E-state index contributed by atoms with van der Waals surface area (Å²) in [5.74, 6) is -5.48. The number of carbonyl (C=O) groups is 5. The van der Waals surface area contributed by atoms with E-state index in [1.807, 2.05) is 0 Å². The fraction of sp³-hybridized carbons (Fsp3) is 0.706. The standard InChI is InChI=1S/C17H29N3O10/c1-17(2,30)12(21)7-19(9-14(24)25)5-3-18(8-13(22)23)4-6-20(10-15(26)27)11-16(28)29/h30H,3-11H2,1-2H3,(H,22,23)(H,24,25)(H,26,27)(H,28,29). The Morgan fingerprint density at radius 2 is 0.833 bits per heavy atom. The van der Waals surface area contributed by atoms with E-state index in [4.69, 9.17) is 20.4 Å². The van der Waals surface area contributed by atoms with Crippen LogP contribution in [0, 0.1) is 0 Å². The molecule has 0 fully saturated rings. The van der Waals surface area contributed by atoms with Gasteiger partial charge in [-0.1, -0.05) is 0 Å². The molecule has 13 heteroatoms. The van der Waals surface area contributed by atoms with Crippen LogP contribution in [0.5, 0.6) is 0 Å². The third-order valence-electron chi connectivity index (χ3n) is 3.95. The lowest BCUT2D eigenvalue weighted by atomic mass is 10.0. The smallest absolute Gasteiger partial charge is 0.317 e. The summed E-state index contributed by atoms with van der Waals surface area (Å²) in [6, 6.07) is 0. The monoisotopic (exact) mass is 435 g/mol. The fourth-order valence-electron chi connectivity index (χ4n) is 2.43. The minimum Gasteiger partial charge on any atom is -0.480 e. The summed E-state index contributed by atoms with van der Waals surface area (Å²) >= 11 is 0. The molecule has 0 aromatic heterocycles. The van der Waals surface area contributed by atoms with Crippen LogP contribution in [0.1, 0.15) is 13.8 Å². The highest BCUT2D eigenvalue weighted by Crippen LogP contribution is 2.05. The van der Waals surface area contributed by atoms with E-state index in [0.717, 1.165) is 4.90 Å². The molecule has 0 spiro atoms. The summed E-state index contributed by atoms with van der Waals surface area (Å²) in [5.41, 5.74) is -1.66. The Hall–Kier alpha value is -2.61. The van der Waals surface area contributed by atoms with Gasteiger partial charge in [-0.3, -0.25) is 38.7 Å². The molecule has 172 valence electrons. The lowest BCUT2D eigenvalue weighted by Crippen LogP contribution is -2.47. The zero-order chi connectivity index (χ0) is 23.5. The average Bonchev–Trinajstić information content (AvgIpc) is 2.53. The highest BCUT2D eigenvalue weighted by Gasteiger charge is 2.27. The van der Waals surface area contributed by atoms with E-state index in [1.165, 1.54) is 23.6 Å². The third-order valence-corrected chi connectivity index (χ3v) is 3.95. The molecule has 0 unspecified atom stereocenters. The number of hydrogen-bond acceptors (Lipinski definition) is 9. The number of ketones is 1. The van der Waals surface area contributed by atoms with Gasteiger partial charge in [0.15, 0.2) is 5.78 Å². The van der Waals surface area contributed by atoms with E-state index >= 15 is 0 Å². The van der Waals surface area contributed by atoms with E-state index in [-0.39, 0.29) is 32.7 Å². The molecule has 0 bridgehead atoms. The van der Waals surface area contributed by atoms with Crippen molar-refractivity contribution in [1.29, 1.82) is 0 Å². The molecular weight excluding hydrogens is 406 g/mol. The predicted octanol–water partition coefficient (Wildman–Crippen LogP) is -2.43. The summed E-state index contributed by atoms with van der Waals surface area (Å²) in [5, 5.41) is 45.5. The molecule has 0 aliphatic carbocycles. The molecule has 0 saturated heterocycles. The zero-order valence-electron chi connectivity index (χ0n) is 17.0. The Bertz CT molecular complexity index is 616. The normalized spacial score (nSPS) is 11.8. The van der Waals surface area contributed by atoms with Crippen molar-refractivity contribution in [3.8, 4) is 0 Å². The highest BCUT2D eigenvalue weighted by molar-refractivity contribution is 5.88. The number of hydrogen-bond donors (Lipinski definition) is 5. The number of Topliss-reactive ketones (excluding diaryl/α,β-unsaturated/α-hetero) is 1. The van der Waals surface area contributed by atoms with Crippen LogP contribution in [0.4, 0.5) is 0 Å². The van der Waals surface area contributed by atoms with E-state index in [9.17, 15) is 29.1 Å². The molecule has 0 saturated carbocycles. The molecule has 0 aliphatic heterocycles. The minimum absolute atomic E-state index is 0.00715. The number of rotatable bonds is 17. The summed E-state index contributed by atoms with van der Waals surface area (Å²) in [4.78, 5) is 59.6. The third kappa shape index (κ3) is 13.5. The van der Waals surface area contributed by atoms with Crippen molar-refractivity contribution in [3.63, 3.8) is 0 Å². The van der Waals surface area contributed by atoms with Crippen LogP contribution in [-0.4, -0.2) is 134 Å². The van der Waals surface area contributed by atoms with Crippen LogP contribution in [0.2, 0.25) is 0 Å². The number of aliphatic carboxylic acids is 4. The Balaban J connectivity index is 5.06. The molecule has 13 nitrogen and oxygen atoms in total. The van der Waals surface area contributed by atoms with E-state index < -0.39 is 61.4 Å². The van der Waals surface area contributed by atoms with Gasteiger partial charge in [0.25, 0.3) is 0 Å². The molecule has 30 heavy (non-hydrogen) atoms. The van der Waals surface area contributed by atoms with E-state index in [1.54, 1.807) is 0 Å². The van der Waals surface area contributed by atoms with Crippen molar-refractivity contribution < 1.29 is 49.5 Å². The molecule has 0 rings (SSSR count). The first-order chi connectivity index (χ1) is 13.7. The van der Waals surface area contributed by atoms with Gasteiger partial charge < -0.3 is 25.5 Å². The second-order valence-electron chi connectivity index (χ2n) is 7.25. The minimum atomic E-state index is -1.66. The molecule has 5 N–H and O–H groups in total. The van der Waals surface area contributed by atoms with Crippen LogP contribution in [0.25, 0.3) is 0 Å². The quantitative estimate of drug-likeness (QED) is 0.162. The second-order valence-corrected chi connectivity index (χ2v) is 7.25. The Kier molecular flexibility index (Phi) is 11.7. The van der Waals surface area contributed by atoms with Gasteiger partial charge in [-0.25, -0.2) is 0 Å². The van der Waals surface area contributed by atoms with Crippen LogP contribution >= 0.6 is 0 Å². The topological polar surface area (TPSA) is 196 Å². The molecule has 0 aromatic carbocycles. The van der Waals surface area contributed by atoms with Crippen molar-refractivity contribution in [3.05, 3.63) is 0 Å². The molecule has 0 radical (unpaired) electrons. The van der Waals surface area contributed by atoms with Crippen LogP contribution in [-0.2, 0) is 24.0 Å². The predicted molar refractivity (Wildman–Crippen MR) is 101 cm³/mol. The van der Waals surface area contributed by atoms with Crippen LogP contribution in [0.3, 0.4) is 0 Å². The first kappa shape index (κ1) is 27.4. The van der Waals surface area contributed by atoms with Crippen molar-refractivity contribution in [1.82, 2.24) is 14.7 Å². The molecular formula is C17H29N3O10. The van der Waals surface area contributed by atoms with Crippen molar-refractivity contribution in [2.24, 2.45) is 0 Å². The molecule has 0 aromatic rings. The van der Waals surface area contributed by atoms with Gasteiger partial charge in [0, 0.05) is 26.2 Å². The van der Waals surface area contributed by atoms with Gasteiger partial charge in [-0.2, -0.15) is 0 Å². The van der Waals surface area contributed by atoms with Crippen LogP contribution in [0.15, 0.2) is 0 Å². The number of carboxylic acid groups (broad SMARTS) is 4. The zero-order valence-corrected chi connectivity index (χ0v) is 17.0. The van der Waals surface area contributed by atoms with E-state index in [2.05, 4.69) is 0 Å². The van der Waals surface area contributed by atoms with Gasteiger partial charge in [0.05, 0.1) is 32.7 Å². The van der Waals surface area contributed by atoms with Gasteiger partial charge in [-0.15, -0.1) is 0 Å². The number of aliphatic hydroxyl groups is 1. The summed E-state index contributed by atoms with van der Waals surface area (Å²) in [7, 11) is 0. The Morgan fingerprint density at radius 1 is 0.567 bits per heavy atom. The van der Waals surface area contributed by atoms with Gasteiger partial charge >= 0.3 is 23.9 Å². The van der Waals surface area contributed by atoms with Gasteiger partial charge in [-0.05, 0) is 13.8 Å². The summed E-state index contributed by atoms with van der Waals surface area (Å²) < 4.78 is 0. The lowest BCUT2D eigenvalue weighted by molar-refractivity contribution is -0.143. The van der Waals surface area contributed by atoms with Crippen LogP contribution < -0.4 is 0 Å². The average molecular weight is 435 g/mol. The number of nitrogens with zero attached hydrogens (tertiary/aromatic N) is 3. The molecule has 0 amide bonds. The maximum absolute atomic E-state index is 12.0. The Labute approximate surface area is 173 Å². The number of carbonyl (C=O) groups excluding carboxylic acids is 1. The van der Waals surface area contributed by atoms with E-state index in [0.29, 0.717) is 0 Å². The Morgan fingerprint density at radius 3 is 1.13 bits per heavy atom. The summed E-state index contributed by atoms with van der Waals surface area (Å²) in [6.45, 7) is 0.0978. The highest BCUT2D eigenvalue weighted by atomic mass is 16.4. The fourth-order valence-corrected chi connectivity index (χ4v) is 2.43. The molecule has 0 heterocycles. The maximum atomic E-state index is 12.0. The van der Waals surface area contributed by atoms with Gasteiger partial charge in [0.2, 0.25) is 0 Å². The summed E-state index contributed by atoms with van der Waals surface area (Å²) in [6.07, 6.45) is 0. The maximum Gasteiger partial charge on any atom is 0.317 e. The lowest BCUT2D eigenvalue weighted by Gasteiger charge is -2.28. The van der Waals surface area contributed by atoms with Gasteiger partial charge in [0.1, 0.15) is 5.60 Å². The first-order valence-corrected chi connectivity index (χ1v) is 9.00. The van der Waals surface area contributed by atoms with Crippen molar-refractivity contribution >= 4 is 29.7 Å². The SMILES string of the molecule is CC(C)(O)C(=O)CN(CCN(CCN(CC(=O)O)CC(=O)O)CC(=O)O)CC(=O)O. The number of carboxylic acids is 4. The van der Waals surface area contributed by atoms with Crippen molar-refractivity contribution in [2.45, 2.75) is 19.4 Å².